The van der Waals surface area contributed by atoms with Crippen molar-refractivity contribution in [2.75, 3.05) is 5.32 Å². The first kappa shape index (κ1) is 11.9. The molecule has 0 spiro atoms. The zero-order valence-corrected chi connectivity index (χ0v) is 10.1. The van der Waals surface area contributed by atoms with Crippen LogP contribution in [0.3, 0.4) is 0 Å². The molecular formula is C13H19N3O. The van der Waals surface area contributed by atoms with Crippen molar-refractivity contribution in [3.63, 3.8) is 0 Å². The van der Waals surface area contributed by atoms with Crippen LogP contribution in [0.2, 0.25) is 0 Å². The molecule has 1 fully saturated rings. The van der Waals surface area contributed by atoms with Gasteiger partial charge in [-0.2, -0.15) is 0 Å². The molecule has 4 nitrogen and oxygen atoms in total. The summed E-state index contributed by atoms with van der Waals surface area (Å²) in [6.45, 7) is 2.67. The number of nitrogens with one attached hydrogen (secondary N) is 2. The SMILES string of the molecule is CCC1CC1NC(=O)Nc1ccc(CN)cc1. The highest BCUT2D eigenvalue weighted by molar-refractivity contribution is 5.89. The van der Waals surface area contributed by atoms with Gasteiger partial charge in [-0.25, -0.2) is 4.79 Å². The minimum atomic E-state index is -0.119. The first-order valence-corrected chi connectivity index (χ1v) is 6.09. The van der Waals surface area contributed by atoms with Gasteiger partial charge in [-0.1, -0.05) is 25.5 Å². The molecule has 1 aliphatic carbocycles. The highest BCUT2D eigenvalue weighted by atomic mass is 16.2. The van der Waals surface area contributed by atoms with Crippen LogP contribution < -0.4 is 16.4 Å². The standard InChI is InChI=1S/C13H19N3O/c1-2-10-7-12(10)16-13(17)15-11-5-3-9(8-14)4-6-11/h3-6,10,12H,2,7-8,14H2,1H3,(H2,15,16,17). The minimum Gasteiger partial charge on any atom is -0.335 e. The fourth-order valence-electron chi connectivity index (χ4n) is 1.94. The molecule has 0 saturated heterocycles. The van der Waals surface area contributed by atoms with Crippen molar-refractivity contribution in [1.82, 2.24) is 5.32 Å². The average molecular weight is 233 g/mol. The van der Waals surface area contributed by atoms with Crippen LogP contribution >= 0.6 is 0 Å². The fourth-order valence-corrected chi connectivity index (χ4v) is 1.94. The summed E-state index contributed by atoms with van der Waals surface area (Å²) in [5.74, 6) is 0.667. The number of anilines is 1. The number of hydrogen-bond acceptors (Lipinski definition) is 2. The summed E-state index contributed by atoms with van der Waals surface area (Å²) in [6, 6.07) is 7.82. The lowest BCUT2D eigenvalue weighted by Gasteiger charge is -2.07. The van der Waals surface area contributed by atoms with E-state index in [0.717, 1.165) is 24.1 Å². The molecule has 0 aromatic heterocycles. The first-order chi connectivity index (χ1) is 8.22. The summed E-state index contributed by atoms with van der Waals surface area (Å²) in [4.78, 5) is 11.6. The molecule has 1 saturated carbocycles. The van der Waals surface area contributed by atoms with Crippen LogP contribution in [0.5, 0.6) is 0 Å². The van der Waals surface area contributed by atoms with E-state index in [0.29, 0.717) is 18.5 Å². The molecular weight excluding hydrogens is 214 g/mol. The number of amides is 2. The number of carbonyl (C=O) groups excluding carboxylic acids is 1. The zero-order chi connectivity index (χ0) is 12.3. The van der Waals surface area contributed by atoms with Gasteiger partial charge in [0.05, 0.1) is 0 Å². The Bertz CT molecular complexity index is 388. The van der Waals surface area contributed by atoms with Crippen molar-refractivity contribution in [1.29, 1.82) is 0 Å². The quantitative estimate of drug-likeness (QED) is 0.745. The molecule has 2 amide bonds. The molecule has 2 atom stereocenters. The molecule has 0 aliphatic heterocycles. The van der Waals surface area contributed by atoms with Gasteiger partial charge in [0.1, 0.15) is 0 Å². The second kappa shape index (κ2) is 5.19. The molecule has 2 unspecified atom stereocenters. The third-order valence-electron chi connectivity index (χ3n) is 3.21. The van der Waals surface area contributed by atoms with Gasteiger partial charge in [-0.15, -0.1) is 0 Å². The van der Waals surface area contributed by atoms with Crippen LogP contribution in [0.15, 0.2) is 24.3 Å². The second-order valence-corrected chi connectivity index (χ2v) is 4.51. The number of benzene rings is 1. The van der Waals surface area contributed by atoms with Crippen LogP contribution in [0.4, 0.5) is 10.5 Å². The van der Waals surface area contributed by atoms with Crippen LogP contribution in [-0.2, 0) is 6.54 Å². The van der Waals surface area contributed by atoms with Crippen molar-refractivity contribution in [3.8, 4) is 0 Å². The maximum atomic E-state index is 11.6. The van der Waals surface area contributed by atoms with E-state index >= 15 is 0 Å². The van der Waals surface area contributed by atoms with Gasteiger partial charge in [-0.3, -0.25) is 0 Å². The third kappa shape index (κ3) is 3.20. The van der Waals surface area contributed by atoms with Crippen molar-refractivity contribution in [2.24, 2.45) is 11.7 Å². The van der Waals surface area contributed by atoms with Crippen molar-refractivity contribution < 1.29 is 4.79 Å². The van der Waals surface area contributed by atoms with E-state index in [-0.39, 0.29) is 6.03 Å². The van der Waals surface area contributed by atoms with E-state index in [1.807, 2.05) is 24.3 Å². The Morgan fingerprint density at radius 3 is 2.65 bits per heavy atom. The maximum absolute atomic E-state index is 11.6. The summed E-state index contributed by atoms with van der Waals surface area (Å²) >= 11 is 0. The van der Waals surface area contributed by atoms with Crippen LogP contribution in [0.1, 0.15) is 25.3 Å². The Morgan fingerprint density at radius 1 is 1.41 bits per heavy atom. The molecule has 1 aromatic carbocycles. The largest absolute Gasteiger partial charge is 0.335 e. The Hall–Kier alpha value is -1.55. The van der Waals surface area contributed by atoms with Gasteiger partial charge >= 0.3 is 6.03 Å². The Labute approximate surface area is 102 Å². The Balaban J connectivity index is 1.81. The van der Waals surface area contributed by atoms with Crippen LogP contribution in [0, 0.1) is 5.92 Å². The average Bonchev–Trinajstić information content (AvgIpc) is 3.08. The summed E-state index contributed by atoms with van der Waals surface area (Å²) in [5, 5.41) is 5.78. The molecule has 1 aromatic rings. The number of hydrogen-bond donors (Lipinski definition) is 3. The Kier molecular flexibility index (Phi) is 3.64. The van der Waals surface area contributed by atoms with Gasteiger partial charge < -0.3 is 16.4 Å². The van der Waals surface area contributed by atoms with Gasteiger partial charge in [-0.05, 0) is 30.0 Å². The van der Waals surface area contributed by atoms with Gasteiger partial charge in [0, 0.05) is 18.3 Å². The monoisotopic (exact) mass is 233 g/mol. The molecule has 0 bridgehead atoms. The Morgan fingerprint density at radius 2 is 2.12 bits per heavy atom. The summed E-state index contributed by atoms with van der Waals surface area (Å²) in [5.41, 5.74) is 7.37. The molecule has 2 rings (SSSR count). The predicted octanol–water partition coefficient (Wildman–Crippen LogP) is 2.07. The van der Waals surface area contributed by atoms with E-state index < -0.39 is 0 Å². The van der Waals surface area contributed by atoms with Crippen molar-refractivity contribution in [3.05, 3.63) is 29.8 Å². The first-order valence-electron chi connectivity index (χ1n) is 6.09. The highest BCUT2D eigenvalue weighted by Gasteiger charge is 2.36. The number of urea groups is 1. The van der Waals surface area contributed by atoms with E-state index in [1.165, 1.54) is 0 Å². The zero-order valence-electron chi connectivity index (χ0n) is 10.1. The predicted molar refractivity (Wildman–Crippen MR) is 68.7 cm³/mol. The van der Waals surface area contributed by atoms with E-state index in [2.05, 4.69) is 17.6 Å². The maximum Gasteiger partial charge on any atom is 0.319 e. The number of nitrogens with two attached hydrogens (primary N) is 1. The highest BCUT2D eigenvalue weighted by Crippen LogP contribution is 2.33. The molecule has 0 radical (unpaired) electrons. The van der Waals surface area contributed by atoms with Crippen molar-refractivity contribution in [2.45, 2.75) is 32.4 Å². The number of rotatable bonds is 4. The van der Waals surface area contributed by atoms with E-state index in [4.69, 9.17) is 5.73 Å². The van der Waals surface area contributed by atoms with E-state index in [1.54, 1.807) is 0 Å². The lowest BCUT2D eigenvalue weighted by Crippen LogP contribution is -2.31. The molecule has 4 heteroatoms. The molecule has 4 N–H and O–H groups in total. The molecule has 17 heavy (non-hydrogen) atoms. The normalized spacial score (nSPS) is 22.0. The minimum absolute atomic E-state index is 0.119. The summed E-state index contributed by atoms with van der Waals surface area (Å²) in [6.07, 6.45) is 2.24. The smallest absolute Gasteiger partial charge is 0.319 e. The van der Waals surface area contributed by atoms with Crippen LogP contribution in [-0.4, -0.2) is 12.1 Å². The molecule has 1 aliphatic rings. The second-order valence-electron chi connectivity index (χ2n) is 4.51. The van der Waals surface area contributed by atoms with E-state index in [9.17, 15) is 4.79 Å². The fraction of sp³-hybridized carbons (Fsp3) is 0.462. The van der Waals surface area contributed by atoms with Crippen LogP contribution in [0.25, 0.3) is 0 Å². The topological polar surface area (TPSA) is 67.2 Å². The summed E-state index contributed by atoms with van der Waals surface area (Å²) in [7, 11) is 0. The van der Waals surface area contributed by atoms with Gasteiger partial charge in [0.15, 0.2) is 0 Å². The number of carbonyl (C=O) groups is 1. The molecule has 92 valence electrons. The van der Waals surface area contributed by atoms with Crippen molar-refractivity contribution >= 4 is 11.7 Å². The third-order valence-corrected chi connectivity index (χ3v) is 3.21. The lowest BCUT2D eigenvalue weighted by atomic mass is 10.2. The summed E-state index contributed by atoms with van der Waals surface area (Å²) < 4.78 is 0. The van der Waals surface area contributed by atoms with Gasteiger partial charge in [0.25, 0.3) is 0 Å². The van der Waals surface area contributed by atoms with Gasteiger partial charge in [0.2, 0.25) is 0 Å². The molecule has 0 heterocycles. The lowest BCUT2D eigenvalue weighted by molar-refractivity contribution is 0.251.